The van der Waals surface area contributed by atoms with Crippen LogP contribution in [0.15, 0.2) is 27.8 Å². The molecule has 1 N–H and O–H groups in total. The number of fused-ring (bicyclic) bond motifs is 1. The van der Waals surface area contributed by atoms with E-state index in [9.17, 15) is 4.79 Å². The Bertz CT molecular complexity index is 568. The molecule has 6 heteroatoms. The summed E-state index contributed by atoms with van der Waals surface area (Å²) in [6.07, 6.45) is 4.22. The van der Waals surface area contributed by atoms with Crippen LogP contribution in [0.1, 0.15) is 32.4 Å². The molecule has 0 radical (unpaired) electrons. The molecule has 2 saturated heterocycles. The number of hydrogen-bond donors (Lipinski definition) is 1. The number of amides is 1. The molecule has 2 fully saturated rings. The number of carbonyl (C=O) groups is 1. The third kappa shape index (κ3) is 4.10. The first-order valence-corrected chi connectivity index (χ1v) is 8.98. The minimum atomic E-state index is 0.311. The van der Waals surface area contributed by atoms with E-state index in [0.29, 0.717) is 24.3 Å². The zero-order valence-electron chi connectivity index (χ0n) is 14.7. The van der Waals surface area contributed by atoms with E-state index in [1.807, 2.05) is 17.0 Å². The second-order valence-electron chi connectivity index (χ2n) is 7.04. The first-order chi connectivity index (χ1) is 11.6. The van der Waals surface area contributed by atoms with Gasteiger partial charge in [0.25, 0.3) is 0 Å². The molecule has 132 valence electrons. The molecule has 0 spiro atoms. The van der Waals surface area contributed by atoms with Gasteiger partial charge in [0.05, 0.1) is 6.26 Å². The average Bonchev–Trinajstić information content (AvgIpc) is 3.20. The molecule has 1 atom stereocenters. The zero-order valence-corrected chi connectivity index (χ0v) is 14.7. The Balaban J connectivity index is 1.59. The number of carbonyl (C=O) groups excluding carboxylic acids is 1. The molecule has 6 nitrogen and oxygen atoms in total. The predicted octanol–water partition coefficient (Wildman–Crippen LogP) is 1.73. The standard InChI is InChI=1S/C18H28N4O2/c1-14(2)12-20-18(19-8-7-16-4-3-11-24-16)21-9-10-22-15(13-21)5-6-17(22)23/h3-4,11,14-15H,5-10,12-13H2,1-2H3,(H,19,20). The number of nitrogens with one attached hydrogen (secondary N) is 1. The fourth-order valence-corrected chi connectivity index (χ4v) is 3.35. The number of guanidine groups is 1. The lowest BCUT2D eigenvalue weighted by atomic mass is 10.1. The highest BCUT2D eigenvalue weighted by molar-refractivity contribution is 5.82. The minimum absolute atomic E-state index is 0.311. The summed E-state index contributed by atoms with van der Waals surface area (Å²) in [5, 5.41) is 3.49. The lowest BCUT2D eigenvalue weighted by Crippen LogP contribution is -2.56. The van der Waals surface area contributed by atoms with Crippen molar-refractivity contribution < 1.29 is 9.21 Å². The SMILES string of the molecule is CC(C)CN=C(NCCc1ccco1)N1CCN2C(=O)CCC2C1. The maximum Gasteiger partial charge on any atom is 0.223 e. The number of rotatable bonds is 5. The minimum Gasteiger partial charge on any atom is -0.469 e. The molecule has 0 bridgehead atoms. The van der Waals surface area contributed by atoms with Crippen molar-refractivity contribution in [2.45, 2.75) is 39.2 Å². The lowest BCUT2D eigenvalue weighted by molar-refractivity contribution is -0.130. The maximum atomic E-state index is 11.9. The molecule has 2 aliphatic rings. The van der Waals surface area contributed by atoms with Gasteiger partial charge in [-0.25, -0.2) is 0 Å². The summed E-state index contributed by atoms with van der Waals surface area (Å²) in [5.41, 5.74) is 0. The number of furan rings is 1. The van der Waals surface area contributed by atoms with Gasteiger partial charge in [0.2, 0.25) is 5.91 Å². The lowest BCUT2D eigenvalue weighted by Gasteiger charge is -2.39. The van der Waals surface area contributed by atoms with Crippen molar-refractivity contribution in [1.29, 1.82) is 0 Å². The fourth-order valence-electron chi connectivity index (χ4n) is 3.35. The smallest absolute Gasteiger partial charge is 0.223 e. The molecular formula is C18H28N4O2. The molecule has 3 rings (SSSR count). The van der Waals surface area contributed by atoms with Gasteiger partial charge in [-0.2, -0.15) is 0 Å². The summed E-state index contributed by atoms with van der Waals surface area (Å²) in [6, 6.07) is 4.26. The number of piperazine rings is 1. The zero-order chi connectivity index (χ0) is 16.9. The molecule has 1 amide bonds. The van der Waals surface area contributed by atoms with Crippen LogP contribution in [0.2, 0.25) is 0 Å². The molecular weight excluding hydrogens is 304 g/mol. The second-order valence-corrected chi connectivity index (χ2v) is 7.04. The first kappa shape index (κ1) is 16.9. The van der Waals surface area contributed by atoms with Crippen LogP contribution in [0.4, 0.5) is 0 Å². The Labute approximate surface area is 143 Å². The molecule has 2 aliphatic heterocycles. The quantitative estimate of drug-likeness (QED) is 0.659. The molecule has 0 aromatic carbocycles. The van der Waals surface area contributed by atoms with Crippen molar-refractivity contribution in [3.63, 3.8) is 0 Å². The highest BCUT2D eigenvalue weighted by Crippen LogP contribution is 2.22. The van der Waals surface area contributed by atoms with Crippen LogP contribution in [0.3, 0.4) is 0 Å². The van der Waals surface area contributed by atoms with Crippen LogP contribution < -0.4 is 5.32 Å². The summed E-state index contributed by atoms with van der Waals surface area (Å²) in [5.74, 6) is 2.79. The average molecular weight is 332 g/mol. The number of nitrogens with zero attached hydrogens (tertiary/aromatic N) is 3. The van der Waals surface area contributed by atoms with E-state index in [2.05, 4.69) is 24.1 Å². The van der Waals surface area contributed by atoms with Crippen LogP contribution in [0.5, 0.6) is 0 Å². The first-order valence-electron chi connectivity index (χ1n) is 8.98. The topological polar surface area (TPSA) is 61.1 Å². The fraction of sp³-hybridized carbons (Fsp3) is 0.667. The van der Waals surface area contributed by atoms with Gasteiger partial charge in [0.15, 0.2) is 5.96 Å². The largest absolute Gasteiger partial charge is 0.469 e. The van der Waals surface area contributed by atoms with Crippen molar-refractivity contribution in [3.05, 3.63) is 24.2 Å². The molecule has 1 aromatic rings. The Morgan fingerprint density at radius 2 is 2.33 bits per heavy atom. The maximum absolute atomic E-state index is 11.9. The van der Waals surface area contributed by atoms with Crippen LogP contribution in [0.25, 0.3) is 0 Å². The van der Waals surface area contributed by atoms with Crippen LogP contribution in [-0.4, -0.2) is 60.4 Å². The molecule has 1 unspecified atom stereocenters. The highest BCUT2D eigenvalue weighted by atomic mass is 16.3. The van der Waals surface area contributed by atoms with E-state index in [1.165, 1.54) is 0 Å². The van der Waals surface area contributed by atoms with Crippen molar-refractivity contribution in [2.75, 3.05) is 32.7 Å². The van der Waals surface area contributed by atoms with Crippen LogP contribution in [0, 0.1) is 5.92 Å². The molecule has 24 heavy (non-hydrogen) atoms. The van der Waals surface area contributed by atoms with E-state index in [4.69, 9.17) is 9.41 Å². The summed E-state index contributed by atoms with van der Waals surface area (Å²) in [4.78, 5) is 21.0. The van der Waals surface area contributed by atoms with E-state index in [1.54, 1.807) is 6.26 Å². The van der Waals surface area contributed by atoms with Crippen molar-refractivity contribution in [2.24, 2.45) is 10.9 Å². The van der Waals surface area contributed by atoms with Gasteiger partial charge in [-0.3, -0.25) is 9.79 Å². The Hall–Kier alpha value is -1.98. The van der Waals surface area contributed by atoms with Crippen molar-refractivity contribution in [3.8, 4) is 0 Å². The summed E-state index contributed by atoms with van der Waals surface area (Å²) >= 11 is 0. The van der Waals surface area contributed by atoms with E-state index >= 15 is 0 Å². The van der Waals surface area contributed by atoms with Crippen LogP contribution in [-0.2, 0) is 11.2 Å². The third-order valence-corrected chi connectivity index (χ3v) is 4.63. The van der Waals surface area contributed by atoms with Crippen LogP contribution >= 0.6 is 0 Å². The number of aliphatic imine (C=N–C) groups is 1. The highest BCUT2D eigenvalue weighted by Gasteiger charge is 2.36. The summed E-state index contributed by atoms with van der Waals surface area (Å²) < 4.78 is 5.39. The van der Waals surface area contributed by atoms with E-state index in [-0.39, 0.29) is 0 Å². The monoisotopic (exact) mass is 332 g/mol. The third-order valence-electron chi connectivity index (χ3n) is 4.63. The number of hydrogen-bond acceptors (Lipinski definition) is 3. The van der Waals surface area contributed by atoms with E-state index < -0.39 is 0 Å². The molecule has 0 aliphatic carbocycles. The second kappa shape index (κ2) is 7.73. The Kier molecular flexibility index (Phi) is 5.43. The summed E-state index contributed by atoms with van der Waals surface area (Å²) in [6.45, 7) is 8.52. The van der Waals surface area contributed by atoms with E-state index in [0.717, 1.165) is 57.3 Å². The molecule has 1 aromatic heterocycles. The van der Waals surface area contributed by atoms with Gasteiger partial charge in [-0.1, -0.05) is 13.8 Å². The summed E-state index contributed by atoms with van der Waals surface area (Å²) in [7, 11) is 0. The molecule has 3 heterocycles. The molecule has 0 saturated carbocycles. The van der Waals surface area contributed by atoms with Gasteiger partial charge in [-0.05, 0) is 24.5 Å². The Morgan fingerprint density at radius 3 is 3.08 bits per heavy atom. The van der Waals surface area contributed by atoms with Gasteiger partial charge < -0.3 is 19.5 Å². The van der Waals surface area contributed by atoms with Crippen molar-refractivity contribution in [1.82, 2.24) is 15.1 Å². The van der Waals surface area contributed by atoms with Gasteiger partial charge in [-0.15, -0.1) is 0 Å². The van der Waals surface area contributed by atoms with Crippen molar-refractivity contribution >= 4 is 11.9 Å². The van der Waals surface area contributed by atoms with Gasteiger partial charge in [0.1, 0.15) is 5.76 Å². The van der Waals surface area contributed by atoms with Gasteiger partial charge in [0, 0.05) is 51.6 Å². The van der Waals surface area contributed by atoms with Gasteiger partial charge >= 0.3 is 0 Å². The predicted molar refractivity (Wildman–Crippen MR) is 93.9 cm³/mol. The normalized spacial score (nSPS) is 21.5. The Morgan fingerprint density at radius 1 is 1.46 bits per heavy atom.